The maximum absolute atomic E-state index is 11.6. The Balaban J connectivity index is 1.81. The Morgan fingerprint density at radius 3 is 3.12 bits per heavy atom. The number of aromatic nitrogens is 4. The Labute approximate surface area is 99.1 Å². The van der Waals surface area contributed by atoms with Gasteiger partial charge in [0.1, 0.15) is 0 Å². The number of hydrogen-bond acceptors (Lipinski definition) is 3. The van der Waals surface area contributed by atoms with Crippen LogP contribution in [0.1, 0.15) is 19.0 Å². The molecule has 2 aromatic heterocycles. The second-order valence-corrected chi connectivity index (χ2v) is 3.73. The van der Waals surface area contributed by atoms with E-state index in [9.17, 15) is 4.79 Å². The van der Waals surface area contributed by atoms with Crippen molar-refractivity contribution in [2.75, 3.05) is 5.32 Å². The second kappa shape index (κ2) is 5.29. The topological polar surface area (TPSA) is 75.6 Å². The number of nitrogens with zero attached hydrogens (tertiary/aromatic N) is 3. The number of H-pyrrole nitrogens is 1. The Hall–Kier alpha value is -2.11. The smallest absolute Gasteiger partial charge is 0.227 e. The normalized spacial score (nSPS) is 10.4. The van der Waals surface area contributed by atoms with Crippen LogP contribution in [0.25, 0.3) is 0 Å². The Bertz CT molecular complexity index is 474. The number of aromatic amines is 1. The van der Waals surface area contributed by atoms with Crippen molar-refractivity contribution >= 4 is 11.7 Å². The maximum Gasteiger partial charge on any atom is 0.227 e. The van der Waals surface area contributed by atoms with Gasteiger partial charge in [-0.15, -0.1) is 0 Å². The Morgan fingerprint density at radius 2 is 2.47 bits per heavy atom. The molecule has 0 unspecified atom stereocenters. The quantitative estimate of drug-likeness (QED) is 0.814. The summed E-state index contributed by atoms with van der Waals surface area (Å²) in [7, 11) is 0. The van der Waals surface area contributed by atoms with Gasteiger partial charge < -0.3 is 9.88 Å². The molecule has 2 N–H and O–H groups in total. The fourth-order valence-corrected chi connectivity index (χ4v) is 1.46. The summed E-state index contributed by atoms with van der Waals surface area (Å²) in [5.74, 6) is 0.533. The van der Waals surface area contributed by atoms with E-state index >= 15 is 0 Å². The molecule has 1 amide bonds. The second-order valence-electron chi connectivity index (χ2n) is 3.73. The van der Waals surface area contributed by atoms with Crippen LogP contribution in [0.15, 0.2) is 24.8 Å². The van der Waals surface area contributed by atoms with Crippen LogP contribution in [0, 0.1) is 0 Å². The third-order valence-corrected chi connectivity index (χ3v) is 2.44. The van der Waals surface area contributed by atoms with Gasteiger partial charge in [-0.2, -0.15) is 5.10 Å². The van der Waals surface area contributed by atoms with Crippen LogP contribution in [0.3, 0.4) is 0 Å². The van der Waals surface area contributed by atoms with Gasteiger partial charge in [0.15, 0.2) is 5.82 Å². The fraction of sp³-hybridized carbons (Fsp3) is 0.364. The van der Waals surface area contributed by atoms with E-state index in [2.05, 4.69) is 20.5 Å². The highest BCUT2D eigenvalue weighted by Gasteiger charge is 2.05. The minimum Gasteiger partial charge on any atom is -0.337 e. The SMILES string of the molecule is CCc1cc(NC(=O)CCn2ccnc2)n[nH]1. The minimum atomic E-state index is -0.0483. The number of hydrogen-bond donors (Lipinski definition) is 2. The molecule has 0 saturated carbocycles. The summed E-state index contributed by atoms with van der Waals surface area (Å²) < 4.78 is 1.86. The lowest BCUT2D eigenvalue weighted by molar-refractivity contribution is -0.116. The van der Waals surface area contributed by atoms with Crippen LogP contribution in [0.5, 0.6) is 0 Å². The molecule has 0 saturated heterocycles. The van der Waals surface area contributed by atoms with Crippen molar-refractivity contribution in [1.82, 2.24) is 19.7 Å². The number of nitrogens with one attached hydrogen (secondary N) is 2. The standard InChI is InChI=1S/C11H15N5O/c1-2-9-7-10(15-14-9)13-11(17)3-5-16-6-4-12-8-16/h4,6-8H,2-3,5H2,1H3,(H2,13,14,15,17). The Morgan fingerprint density at radius 1 is 1.59 bits per heavy atom. The zero-order valence-corrected chi connectivity index (χ0v) is 9.68. The van der Waals surface area contributed by atoms with E-state index in [0.717, 1.165) is 12.1 Å². The van der Waals surface area contributed by atoms with Crippen LogP contribution in [-0.2, 0) is 17.8 Å². The van der Waals surface area contributed by atoms with Gasteiger partial charge in [0.25, 0.3) is 0 Å². The zero-order valence-electron chi connectivity index (χ0n) is 9.68. The molecule has 17 heavy (non-hydrogen) atoms. The van der Waals surface area contributed by atoms with Crippen molar-refractivity contribution in [2.24, 2.45) is 0 Å². The van der Waals surface area contributed by atoms with Crippen molar-refractivity contribution in [3.05, 3.63) is 30.5 Å². The van der Waals surface area contributed by atoms with Gasteiger partial charge in [0, 0.05) is 37.1 Å². The predicted molar refractivity (Wildman–Crippen MR) is 63.4 cm³/mol. The molecular formula is C11H15N5O. The summed E-state index contributed by atoms with van der Waals surface area (Å²) in [5.41, 5.74) is 1.01. The van der Waals surface area contributed by atoms with Gasteiger partial charge in [-0.3, -0.25) is 9.89 Å². The van der Waals surface area contributed by atoms with E-state index in [1.165, 1.54) is 0 Å². The van der Waals surface area contributed by atoms with E-state index in [1.807, 2.05) is 23.8 Å². The van der Waals surface area contributed by atoms with E-state index in [-0.39, 0.29) is 5.91 Å². The van der Waals surface area contributed by atoms with Gasteiger partial charge in [0.05, 0.1) is 6.33 Å². The predicted octanol–water partition coefficient (Wildman–Crippen LogP) is 1.20. The lowest BCUT2D eigenvalue weighted by Crippen LogP contribution is -2.14. The molecule has 2 heterocycles. The number of amides is 1. The van der Waals surface area contributed by atoms with E-state index in [4.69, 9.17) is 0 Å². The van der Waals surface area contributed by atoms with Gasteiger partial charge in [-0.1, -0.05) is 6.92 Å². The summed E-state index contributed by atoms with van der Waals surface area (Å²) in [4.78, 5) is 15.5. The third kappa shape index (κ3) is 3.17. The van der Waals surface area contributed by atoms with Crippen molar-refractivity contribution < 1.29 is 4.79 Å². The maximum atomic E-state index is 11.6. The van der Waals surface area contributed by atoms with Gasteiger partial charge in [-0.05, 0) is 6.42 Å². The summed E-state index contributed by atoms with van der Waals surface area (Å²) in [6.07, 6.45) is 6.50. The number of rotatable bonds is 5. The van der Waals surface area contributed by atoms with Crippen LogP contribution in [-0.4, -0.2) is 25.7 Å². The minimum absolute atomic E-state index is 0.0483. The first-order chi connectivity index (χ1) is 8.28. The van der Waals surface area contributed by atoms with Crippen LogP contribution in [0.4, 0.5) is 5.82 Å². The molecular weight excluding hydrogens is 218 g/mol. The molecule has 0 bridgehead atoms. The van der Waals surface area contributed by atoms with Crippen molar-refractivity contribution in [3.8, 4) is 0 Å². The van der Waals surface area contributed by atoms with Crippen LogP contribution < -0.4 is 5.32 Å². The molecule has 2 rings (SSSR count). The molecule has 6 nitrogen and oxygen atoms in total. The molecule has 0 aromatic carbocycles. The molecule has 0 spiro atoms. The summed E-state index contributed by atoms with van der Waals surface area (Å²) in [5, 5.41) is 9.59. The summed E-state index contributed by atoms with van der Waals surface area (Å²) >= 11 is 0. The molecule has 0 fully saturated rings. The van der Waals surface area contributed by atoms with Gasteiger partial charge in [0.2, 0.25) is 5.91 Å². The first-order valence-electron chi connectivity index (χ1n) is 5.58. The highest BCUT2D eigenvalue weighted by Crippen LogP contribution is 2.06. The first kappa shape index (κ1) is 11.4. The van der Waals surface area contributed by atoms with Crippen molar-refractivity contribution in [3.63, 3.8) is 0 Å². The highest BCUT2D eigenvalue weighted by atomic mass is 16.1. The molecule has 0 aliphatic rings. The number of aryl methyl sites for hydroxylation is 2. The monoisotopic (exact) mass is 233 g/mol. The summed E-state index contributed by atoms with van der Waals surface area (Å²) in [6.45, 7) is 2.65. The van der Waals surface area contributed by atoms with Gasteiger partial charge >= 0.3 is 0 Å². The van der Waals surface area contributed by atoms with Crippen LogP contribution >= 0.6 is 0 Å². The fourth-order valence-electron chi connectivity index (χ4n) is 1.46. The lowest BCUT2D eigenvalue weighted by Gasteiger charge is -2.02. The van der Waals surface area contributed by atoms with Crippen molar-refractivity contribution in [2.45, 2.75) is 26.3 Å². The number of imidazole rings is 1. The average molecular weight is 233 g/mol. The molecule has 2 aromatic rings. The van der Waals surface area contributed by atoms with Crippen LogP contribution in [0.2, 0.25) is 0 Å². The third-order valence-electron chi connectivity index (χ3n) is 2.44. The molecule has 0 aliphatic carbocycles. The Kier molecular flexibility index (Phi) is 3.54. The van der Waals surface area contributed by atoms with Gasteiger partial charge in [-0.25, -0.2) is 4.98 Å². The zero-order chi connectivity index (χ0) is 12.1. The van der Waals surface area contributed by atoms with E-state index < -0.39 is 0 Å². The number of carbonyl (C=O) groups excluding carboxylic acids is 1. The molecule has 6 heteroatoms. The summed E-state index contributed by atoms with van der Waals surface area (Å²) in [6, 6.07) is 1.84. The molecule has 0 atom stereocenters. The van der Waals surface area contributed by atoms with E-state index in [1.54, 1.807) is 12.5 Å². The number of anilines is 1. The van der Waals surface area contributed by atoms with E-state index in [0.29, 0.717) is 18.8 Å². The largest absolute Gasteiger partial charge is 0.337 e. The first-order valence-corrected chi connectivity index (χ1v) is 5.58. The molecule has 0 radical (unpaired) electrons. The number of carbonyl (C=O) groups is 1. The molecule has 90 valence electrons. The lowest BCUT2D eigenvalue weighted by atomic mass is 10.3. The highest BCUT2D eigenvalue weighted by molar-refractivity contribution is 5.89. The molecule has 0 aliphatic heterocycles. The average Bonchev–Trinajstić information content (AvgIpc) is 2.97. The van der Waals surface area contributed by atoms with Crippen molar-refractivity contribution in [1.29, 1.82) is 0 Å².